The highest BCUT2D eigenvalue weighted by atomic mass is 35.5. The Morgan fingerprint density at radius 2 is 1.92 bits per heavy atom. The molecule has 0 aliphatic carbocycles. The number of rotatable bonds is 6. The van der Waals surface area contributed by atoms with Crippen molar-refractivity contribution in [1.82, 2.24) is 20.6 Å². The average Bonchev–Trinajstić information content (AvgIpc) is 2.90. The zero-order valence-corrected chi connectivity index (χ0v) is 22.6. The molecule has 1 unspecified atom stereocenters. The summed E-state index contributed by atoms with van der Waals surface area (Å²) in [7, 11) is 0. The Kier molecular flexibility index (Phi) is 7.56. The lowest BCUT2D eigenvalue weighted by Gasteiger charge is -2.40. The minimum Gasteiger partial charge on any atom is -0.382 e. The first-order valence-electron chi connectivity index (χ1n) is 12.7. The summed E-state index contributed by atoms with van der Waals surface area (Å²) in [5.41, 5.74) is 9.47. The molecule has 2 saturated heterocycles. The molecule has 1 atom stereocenters. The van der Waals surface area contributed by atoms with Gasteiger partial charge in [0.05, 0.1) is 22.2 Å². The molecule has 4 N–H and O–H groups in total. The maximum atomic E-state index is 12.3. The predicted molar refractivity (Wildman–Crippen MR) is 150 cm³/mol. The van der Waals surface area contributed by atoms with Crippen molar-refractivity contribution in [3.63, 3.8) is 0 Å². The van der Waals surface area contributed by atoms with Gasteiger partial charge in [0.1, 0.15) is 11.5 Å². The van der Waals surface area contributed by atoms with Gasteiger partial charge in [0.15, 0.2) is 5.82 Å². The van der Waals surface area contributed by atoms with E-state index >= 15 is 0 Å². The largest absolute Gasteiger partial charge is 0.382 e. The first-order chi connectivity index (χ1) is 18.2. The molecule has 0 bridgehead atoms. The Hall–Kier alpha value is -3.20. The Balaban J connectivity index is 1.20. The lowest BCUT2D eigenvalue weighted by molar-refractivity contribution is -0.134. The van der Waals surface area contributed by atoms with Gasteiger partial charge in [-0.05, 0) is 43.4 Å². The Bertz CT molecular complexity index is 1370. The third-order valence-electron chi connectivity index (χ3n) is 7.50. The molecule has 2 amide bonds. The molecular weight excluding hydrogens is 523 g/mol. The molecule has 198 valence electrons. The molecule has 10 heteroatoms. The minimum absolute atomic E-state index is 0.0473. The number of carbonyl (C=O) groups is 2. The van der Waals surface area contributed by atoms with E-state index in [4.69, 9.17) is 28.9 Å². The van der Waals surface area contributed by atoms with Gasteiger partial charge in [0, 0.05) is 37.2 Å². The van der Waals surface area contributed by atoms with Gasteiger partial charge in [0.2, 0.25) is 11.8 Å². The highest BCUT2D eigenvalue weighted by Gasteiger charge is 2.31. The maximum absolute atomic E-state index is 12.3. The molecule has 2 fully saturated rings. The normalized spacial score (nSPS) is 19.3. The van der Waals surface area contributed by atoms with Crippen LogP contribution in [0.4, 0.5) is 11.6 Å². The Labute approximate surface area is 231 Å². The van der Waals surface area contributed by atoms with E-state index in [0.29, 0.717) is 46.5 Å². The van der Waals surface area contributed by atoms with Gasteiger partial charge in [-0.3, -0.25) is 14.9 Å². The summed E-state index contributed by atoms with van der Waals surface area (Å²) in [4.78, 5) is 35.1. The second kappa shape index (κ2) is 10.9. The Morgan fingerprint density at radius 3 is 2.66 bits per heavy atom. The molecule has 2 aromatic carbocycles. The van der Waals surface area contributed by atoms with Gasteiger partial charge in [-0.15, -0.1) is 0 Å². The van der Waals surface area contributed by atoms with Crippen LogP contribution in [0.5, 0.6) is 0 Å². The van der Waals surface area contributed by atoms with E-state index in [-0.39, 0.29) is 23.3 Å². The van der Waals surface area contributed by atoms with E-state index < -0.39 is 0 Å². The van der Waals surface area contributed by atoms with Crippen molar-refractivity contribution in [3.05, 3.63) is 69.8 Å². The Morgan fingerprint density at radius 1 is 1.16 bits per heavy atom. The van der Waals surface area contributed by atoms with Crippen LogP contribution >= 0.6 is 23.2 Å². The van der Waals surface area contributed by atoms with Gasteiger partial charge < -0.3 is 16.0 Å². The first kappa shape index (κ1) is 26.4. The van der Waals surface area contributed by atoms with Crippen LogP contribution in [0.1, 0.15) is 49.7 Å². The number of nitrogen functional groups attached to an aromatic ring is 1. The van der Waals surface area contributed by atoms with Crippen molar-refractivity contribution >= 4 is 46.7 Å². The summed E-state index contributed by atoms with van der Waals surface area (Å²) in [5.74, 6) is 0.371. The van der Waals surface area contributed by atoms with Crippen LogP contribution in [0.3, 0.4) is 0 Å². The number of benzene rings is 2. The van der Waals surface area contributed by atoms with Gasteiger partial charge in [0.25, 0.3) is 0 Å². The van der Waals surface area contributed by atoms with Gasteiger partial charge in [-0.25, -0.2) is 9.97 Å². The number of hydrogen-bond acceptors (Lipinski definition) is 7. The number of imide groups is 1. The van der Waals surface area contributed by atoms with Crippen LogP contribution < -0.4 is 21.3 Å². The van der Waals surface area contributed by atoms with Crippen LogP contribution in [-0.4, -0.2) is 40.4 Å². The first-order valence-corrected chi connectivity index (χ1v) is 13.5. The number of carbonyl (C=O) groups excluding carboxylic acids is 2. The molecule has 8 nitrogen and oxygen atoms in total. The van der Waals surface area contributed by atoms with Gasteiger partial charge >= 0.3 is 0 Å². The third-order valence-corrected chi connectivity index (χ3v) is 8.32. The standard InChI is InChI=1S/C28H30Cl2N6O2/c1-28(33-15-17-4-2-5-18(14-17)19-8-9-23(37)35-27(19)38)10-12-36(13-11-28)22-16-32-25(26(31)34-22)20-6-3-7-21(29)24(20)30/h2-7,14,16,19,33H,8-13,15H2,1H3,(H2,31,34)(H,35,37,38). The summed E-state index contributed by atoms with van der Waals surface area (Å²) in [6, 6.07) is 13.4. The molecule has 5 rings (SSSR count). The lowest BCUT2D eigenvalue weighted by Crippen LogP contribution is -2.51. The second-order valence-electron chi connectivity index (χ2n) is 10.2. The van der Waals surface area contributed by atoms with Crippen molar-refractivity contribution < 1.29 is 9.59 Å². The van der Waals surface area contributed by atoms with Crippen molar-refractivity contribution in [1.29, 1.82) is 0 Å². The van der Waals surface area contributed by atoms with Crippen molar-refractivity contribution in [3.8, 4) is 11.3 Å². The molecule has 38 heavy (non-hydrogen) atoms. The predicted octanol–water partition coefficient (Wildman–Crippen LogP) is 4.70. The summed E-state index contributed by atoms with van der Waals surface area (Å²) < 4.78 is 0. The second-order valence-corrected chi connectivity index (χ2v) is 11.0. The SMILES string of the molecule is CC1(NCc2cccc(C3CCC(=O)NC3=O)c2)CCN(c2cnc(-c3cccc(Cl)c3Cl)c(N)n2)CC1. The van der Waals surface area contributed by atoms with E-state index in [1.807, 2.05) is 24.3 Å². The lowest BCUT2D eigenvalue weighted by atomic mass is 9.88. The van der Waals surface area contributed by atoms with Crippen LogP contribution in [0.2, 0.25) is 10.0 Å². The van der Waals surface area contributed by atoms with E-state index in [9.17, 15) is 9.59 Å². The fourth-order valence-corrected chi connectivity index (χ4v) is 5.48. The van der Waals surface area contributed by atoms with E-state index in [1.54, 1.807) is 12.3 Å². The number of amides is 2. The van der Waals surface area contributed by atoms with Crippen LogP contribution in [0.25, 0.3) is 11.3 Å². The van der Waals surface area contributed by atoms with Crippen molar-refractivity contribution in [2.45, 2.75) is 50.6 Å². The van der Waals surface area contributed by atoms with Crippen LogP contribution in [0.15, 0.2) is 48.7 Å². The third kappa shape index (κ3) is 5.62. The van der Waals surface area contributed by atoms with E-state index in [1.165, 1.54) is 0 Å². The van der Waals surface area contributed by atoms with E-state index in [2.05, 4.69) is 44.6 Å². The zero-order valence-electron chi connectivity index (χ0n) is 21.1. The van der Waals surface area contributed by atoms with Crippen molar-refractivity contribution in [2.24, 2.45) is 0 Å². The van der Waals surface area contributed by atoms with Crippen LogP contribution in [0, 0.1) is 0 Å². The number of anilines is 2. The number of nitrogens with one attached hydrogen (secondary N) is 2. The molecule has 3 heterocycles. The topological polar surface area (TPSA) is 113 Å². The minimum atomic E-state index is -0.277. The molecule has 3 aromatic rings. The number of nitrogens with two attached hydrogens (primary N) is 1. The number of piperidine rings is 2. The average molecular weight is 553 g/mol. The number of hydrogen-bond donors (Lipinski definition) is 3. The summed E-state index contributed by atoms with van der Waals surface area (Å²) in [6.45, 7) is 4.55. The molecule has 0 spiro atoms. The molecule has 0 radical (unpaired) electrons. The van der Waals surface area contributed by atoms with Crippen molar-refractivity contribution in [2.75, 3.05) is 23.7 Å². The molecular formula is C28H30Cl2N6O2. The zero-order chi connectivity index (χ0) is 26.9. The van der Waals surface area contributed by atoms with Gasteiger partial charge in [-0.2, -0.15) is 0 Å². The van der Waals surface area contributed by atoms with Crippen LogP contribution in [-0.2, 0) is 16.1 Å². The molecule has 2 aliphatic heterocycles. The monoisotopic (exact) mass is 552 g/mol. The maximum Gasteiger partial charge on any atom is 0.234 e. The highest BCUT2D eigenvalue weighted by molar-refractivity contribution is 6.43. The number of aromatic nitrogens is 2. The summed E-state index contributed by atoms with van der Waals surface area (Å²) in [6.07, 6.45) is 4.50. The van der Waals surface area contributed by atoms with E-state index in [0.717, 1.165) is 42.9 Å². The number of nitrogens with zero attached hydrogens (tertiary/aromatic N) is 3. The molecule has 0 saturated carbocycles. The number of halogens is 2. The molecule has 1 aromatic heterocycles. The fourth-order valence-electron chi connectivity index (χ4n) is 5.09. The smallest absolute Gasteiger partial charge is 0.234 e. The fraction of sp³-hybridized carbons (Fsp3) is 0.357. The highest BCUT2D eigenvalue weighted by Crippen LogP contribution is 2.35. The van der Waals surface area contributed by atoms with Gasteiger partial charge in [-0.1, -0.05) is 59.6 Å². The summed E-state index contributed by atoms with van der Waals surface area (Å²) in [5, 5.41) is 7.02. The molecule has 2 aliphatic rings. The summed E-state index contributed by atoms with van der Waals surface area (Å²) >= 11 is 12.5. The quantitative estimate of drug-likeness (QED) is 0.379.